The lowest BCUT2D eigenvalue weighted by molar-refractivity contribution is -0.134. The van der Waals surface area contributed by atoms with Gasteiger partial charge in [-0.05, 0) is 40.0 Å². The van der Waals surface area contributed by atoms with Crippen molar-refractivity contribution in [1.82, 2.24) is 15.5 Å². The molecule has 1 aliphatic heterocycles. The Hall–Kier alpha value is -0.940. The molecule has 0 spiro atoms. The first-order valence-corrected chi connectivity index (χ1v) is 5.31. The molecule has 1 fully saturated rings. The number of nitrogens with zero attached hydrogens (tertiary/aromatic N) is 1. The van der Waals surface area contributed by atoms with E-state index in [1.807, 2.05) is 14.1 Å². The zero-order chi connectivity index (χ0) is 11.3. The molecule has 86 valence electrons. The van der Waals surface area contributed by atoms with E-state index in [4.69, 9.17) is 0 Å². The van der Waals surface area contributed by atoms with Crippen molar-refractivity contribution in [1.29, 1.82) is 0 Å². The predicted octanol–water partition coefficient (Wildman–Crippen LogP) is -0.667. The van der Waals surface area contributed by atoms with Crippen molar-refractivity contribution in [2.75, 3.05) is 27.2 Å². The van der Waals surface area contributed by atoms with E-state index in [2.05, 4.69) is 15.5 Å². The van der Waals surface area contributed by atoms with E-state index in [0.717, 1.165) is 19.5 Å². The Bertz CT molecular complexity index is 241. The van der Waals surface area contributed by atoms with Crippen LogP contribution < -0.4 is 10.6 Å². The fourth-order valence-corrected chi connectivity index (χ4v) is 1.56. The standard InChI is InChI=1S/C10H19N3O2/c1-13(2)7-3-6-11-8-4-5-9(14)12-10(8)15/h8,11H,3-7H2,1-2H3,(H,12,14,15). The quantitative estimate of drug-likeness (QED) is 0.470. The average Bonchev–Trinajstić information content (AvgIpc) is 2.14. The Morgan fingerprint density at radius 3 is 2.80 bits per heavy atom. The zero-order valence-electron chi connectivity index (χ0n) is 9.38. The maximum Gasteiger partial charge on any atom is 0.243 e. The molecule has 0 radical (unpaired) electrons. The van der Waals surface area contributed by atoms with E-state index in [1.165, 1.54) is 0 Å². The van der Waals surface area contributed by atoms with Gasteiger partial charge in [-0.25, -0.2) is 0 Å². The highest BCUT2D eigenvalue weighted by Gasteiger charge is 2.25. The molecule has 2 N–H and O–H groups in total. The van der Waals surface area contributed by atoms with Gasteiger partial charge >= 0.3 is 0 Å². The van der Waals surface area contributed by atoms with E-state index in [0.29, 0.717) is 12.8 Å². The first-order valence-electron chi connectivity index (χ1n) is 5.31. The first kappa shape index (κ1) is 12.1. The maximum absolute atomic E-state index is 11.3. The van der Waals surface area contributed by atoms with E-state index >= 15 is 0 Å². The van der Waals surface area contributed by atoms with Crippen LogP contribution in [0, 0.1) is 0 Å². The van der Waals surface area contributed by atoms with Crippen LogP contribution in [0.3, 0.4) is 0 Å². The van der Waals surface area contributed by atoms with Gasteiger partial charge in [-0.15, -0.1) is 0 Å². The number of rotatable bonds is 5. The number of hydrogen-bond donors (Lipinski definition) is 2. The second kappa shape index (κ2) is 5.82. The predicted molar refractivity (Wildman–Crippen MR) is 57.3 cm³/mol. The molecule has 1 unspecified atom stereocenters. The van der Waals surface area contributed by atoms with Crippen molar-refractivity contribution >= 4 is 11.8 Å². The third kappa shape index (κ3) is 4.40. The van der Waals surface area contributed by atoms with Crippen LogP contribution >= 0.6 is 0 Å². The molecular formula is C10H19N3O2. The van der Waals surface area contributed by atoms with Crippen molar-refractivity contribution in [3.05, 3.63) is 0 Å². The number of carbonyl (C=O) groups is 2. The number of nitrogens with one attached hydrogen (secondary N) is 2. The Balaban J connectivity index is 2.16. The summed E-state index contributed by atoms with van der Waals surface area (Å²) in [5.41, 5.74) is 0. The Morgan fingerprint density at radius 1 is 1.47 bits per heavy atom. The molecule has 0 aromatic rings. The van der Waals surface area contributed by atoms with Gasteiger partial charge in [0.2, 0.25) is 11.8 Å². The Kier molecular flexibility index (Phi) is 4.71. The molecule has 15 heavy (non-hydrogen) atoms. The second-order valence-corrected chi connectivity index (χ2v) is 4.11. The SMILES string of the molecule is CN(C)CCCNC1CCC(=O)NC1=O. The van der Waals surface area contributed by atoms with Gasteiger partial charge in [-0.1, -0.05) is 0 Å². The van der Waals surface area contributed by atoms with Crippen molar-refractivity contribution in [3.63, 3.8) is 0 Å². The fourth-order valence-electron chi connectivity index (χ4n) is 1.56. The zero-order valence-corrected chi connectivity index (χ0v) is 9.38. The maximum atomic E-state index is 11.3. The molecule has 2 amide bonds. The van der Waals surface area contributed by atoms with Gasteiger partial charge in [-0.2, -0.15) is 0 Å². The van der Waals surface area contributed by atoms with Gasteiger partial charge in [0, 0.05) is 6.42 Å². The van der Waals surface area contributed by atoms with Crippen molar-refractivity contribution in [2.24, 2.45) is 0 Å². The van der Waals surface area contributed by atoms with E-state index in [1.54, 1.807) is 0 Å². The van der Waals surface area contributed by atoms with Crippen LogP contribution in [0.4, 0.5) is 0 Å². The van der Waals surface area contributed by atoms with E-state index < -0.39 is 0 Å². The summed E-state index contributed by atoms with van der Waals surface area (Å²) in [4.78, 5) is 24.3. The number of imide groups is 1. The third-order valence-corrected chi connectivity index (χ3v) is 2.41. The molecule has 0 aliphatic carbocycles. The van der Waals surface area contributed by atoms with Gasteiger partial charge in [0.15, 0.2) is 0 Å². The Labute approximate surface area is 90.2 Å². The van der Waals surface area contributed by atoms with E-state index in [9.17, 15) is 9.59 Å². The summed E-state index contributed by atoms with van der Waals surface area (Å²) in [6.45, 7) is 1.81. The summed E-state index contributed by atoms with van der Waals surface area (Å²) in [7, 11) is 4.04. The lowest BCUT2D eigenvalue weighted by Crippen LogP contribution is -2.51. The van der Waals surface area contributed by atoms with Crippen LogP contribution in [0.2, 0.25) is 0 Å². The molecule has 1 heterocycles. The van der Waals surface area contributed by atoms with Gasteiger partial charge in [-0.3, -0.25) is 14.9 Å². The summed E-state index contributed by atoms with van der Waals surface area (Å²) in [5.74, 6) is -0.345. The number of carbonyl (C=O) groups excluding carboxylic acids is 2. The summed E-state index contributed by atoms with van der Waals surface area (Å²) < 4.78 is 0. The Morgan fingerprint density at radius 2 is 2.20 bits per heavy atom. The highest BCUT2D eigenvalue weighted by atomic mass is 16.2. The normalized spacial score (nSPS) is 21.9. The van der Waals surface area contributed by atoms with Crippen molar-refractivity contribution < 1.29 is 9.59 Å². The summed E-state index contributed by atoms with van der Waals surface area (Å²) >= 11 is 0. The summed E-state index contributed by atoms with van der Waals surface area (Å²) in [6, 6.07) is -0.190. The molecule has 1 saturated heterocycles. The first-order chi connectivity index (χ1) is 7.09. The fraction of sp³-hybridized carbons (Fsp3) is 0.800. The minimum absolute atomic E-state index is 0.161. The molecule has 5 heteroatoms. The number of amides is 2. The molecular weight excluding hydrogens is 194 g/mol. The topological polar surface area (TPSA) is 61.4 Å². The van der Waals surface area contributed by atoms with Crippen molar-refractivity contribution in [2.45, 2.75) is 25.3 Å². The average molecular weight is 213 g/mol. The third-order valence-electron chi connectivity index (χ3n) is 2.41. The minimum Gasteiger partial charge on any atom is -0.309 e. The second-order valence-electron chi connectivity index (χ2n) is 4.11. The molecule has 0 bridgehead atoms. The van der Waals surface area contributed by atoms with E-state index in [-0.39, 0.29) is 17.9 Å². The molecule has 1 aliphatic rings. The van der Waals surface area contributed by atoms with Gasteiger partial charge in [0.1, 0.15) is 0 Å². The largest absolute Gasteiger partial charge is 0.309 e. The van der Waals surface area contributed by atoms with Gasteiger partial charge in [0.25, 0.3) is 0 Å². The number of hydrogen-bond acceptors (Lipinski definition) is 4. The lowest BCUT2D eigenvalue weighted by Gasteiger charge is -2.22. The van der Waals surface area contributed by atoms with Crippen LogP contribution in [0.15, 0.2) is 0 Å². The molecule has 1 rings (SSSR count). The van der Waals surface area contributed by atoms with Crippen LogP contribution in [-0.2, 0) is 9.59 Å². The lowest BCUT2D eigenvalue weighted by atomic mass is 10.1. The van der Waals surface area contributed by atoms with Gasteiger partial charge in [0.05, 0.1) is 6.04 Å². The van der Waals surface area contributed by atoms with Gasteiger partial charge < -0.3 is 10.2 Å². The van der Waals surface area contributed by atoms with Crippen LogP contribution in [0.1, 0.15) is 19.3 Å². The highest BCUT2D eigenvalue weighted by molar-refractivity contribution is 6.00. The van der Waals surface area contributed by atoms with Crippen molar-refractivity contribution in [3.8, 4) is 0 Å². The highest BCUT2D eigenvalue weighted by Crippen LogP contribution is 2.03. The smallest absolute Gasteiger partial charge is 0.243 e. The molecule has 5 nitrogen and oxygen atoms in total. The monoisotopic (exact) mass is 213 g/mol. The molecule has 0 saturated carbocycles. The minimum atomic E-state index is -0.190. The summed E-state index contributed by atoms with van der Waals surface area (Å²) in [6.07, 6.45) is 2.06. The van der Waals surface area contributed by atoms with Crippen LogP contribution in [-0.4, -0.2) is 49.9 Å². The summed E-state index contributed by atoms with van der Waals surface area (Å²) in [5, 5.41) is 5.48. The molecule has 0 aromatic carbocycles. The van der Waals surface area contributed by atoms with Crippen LogP contribution in [0.5, 0.6) is 0 Å². The molecule has 1 atom stereocenters. The number of piperidine rings is 1. The van der Waals surface area contributed by atoms with Crippen LogP contribution in [0.25, 0.3) is 0 Å². The molecule has 0 aromatic heterocycles.